The van der Waals surface area contributed by atoms with Crippen LogP contribution in [0, 0.1) is 0 Å². The van der Waals surface area contributed by atoms with Gasteiger partial charge in [0.1, 0.15) is 5.54 Å². The van der Waals surface area contributed by atoms with Gasteiger partial charge in [0.15, 0.2) is 0 Å². The molecule has 0 saturated carbocycles. The summed E-state index contributed by atoms with van der Waals surface area (Å²) in [6.45, 7) is 5.11. The number of likely N-dealkylation sites (tertiary alicyclic amines) is 1. The maximum absolute atomic E-state index is 11.9. The maximum Gasteiger partial charge on any atom is 0.324 e. The van der Waals surface area contributed by atoms with Crippen molar-refractivity contribution in [3.63, 3.8) is 0 Å². The van der Waals surface area contributed by atoms with Gasteiger partial charge in [-0.2, -0.15) is 0 Å². The molecule has 1 N–H and O–H groups in total. The summed E-state index contributed by atoms with van der Waals surface area (Å²) in [7, 11) is 0. The van der Waals surface area contributed by atoms with Gasteiger partial charge in [0.2, 0.25) is 0 Å². The number of carboxylic acids is 1. The Hall–Kier alpha value is -1.35. The lowest BCUT2D eigenvalue weighted by atomic mass is 9.88. The van der Waals surface area contributed by atoms with E-state index in [-0.39, 0.29) is 6.04 Å². The highest BCUT2D eigenvalue weighted by Gasteiger charge is 2.49. The zero-order valence-electron chi connectivity index (χ0n) is 12.5. The van der Waals surface area contributed by atoms with Gasteiger partial charge >= 0.3 is 5.97 Å². The number of carbonyl (C=O) groups is 1. The van der Waals surface area contributed by atoms with Crippen molar-refractivity contribution in [3.05, 3.63) is 35.9 Å². The Kier molecular flexibility index (Phi) is 4.81. The molecule has 2 atom stereocenters. The lowest BCUT2D eigenvalue weighted by Gasteiger charge is -2.40. The molecule has 2 unspecified atom stereocenters. The van der Waals surface area contributed by atoms with Crippen LogP contribution in [-0.2, 0) is 4.79 Å². The molecule has 3 nitrogen and oxygen atoms in total. The number of rotatable bonds is 6. The molecule has 110 valence electrons. The second-order valence-corrected chi connectivity index (χ2v) is 5.72. The van der Waals surface area contributed by atoms with Crippen molar-refractivity contribution in [1.82, 2.24) is 4.90 Å². The van der Waals surface area contributed by atoms with E-state index in [4.69, 9.17) is 0 Å². The molecule has 1 heterocycles. The van der Waals surface area contributed by atoms with Crippen molar-refractivity contribution in [2.75, 3.05) is 6.54 Å². The van der Waals surface area contributed by atoms with E-state index in [1.165, 1.54) is 5.56 Å². The van der Waals surface area contributed by atoms with E-state index < -0.39 is 11.5 Å². The fourth-order valence-electron chi connectivity index (χ4n) is 3.68. The predicted octanol–water partition coefficient (Wildman–Crippen LogP) is 3.86. The van der Waals surface area contributed by atoms with Gasteiger partial charge in [-0.25, -0.2) is 0 Å². The number of nitrogens with zero attached hydrogens (tertiary/aromatic N) is 1. The van der Waals surface area contributed by atoms with Crippen LogP contribution in [0.4, 0.5) is 0 Å². The number of carboxylic acid groups (broad SMARTS) is 1. The Morgan fingerprint density at radius 1 is 1.35 bits per heavy atom. The average Bonchev–Trinajstić information content (AvgIpc) is 2.87. The van der Waals surface area contributed by atoms with Gasteiger partial charge in [0.05, 0.1) is 0 Å². The van der Waals surface area contributed by atoms with Crippen LogP contribution in [0.5, 0.6) is 0 Å². The Morgan fingerprint density at radius 3 is 2.60 bits per heavy atom. The van der Waals surface area contributed by atoms with E-state index in [0.717, 1.165) is 38.6 Å². The lowest BCUT2D eigenvalue weighted by Crippen LogP contribution is -2.51. The second-order valence-electron chi connectivity index (χ2n) is 5.72. The summed E-state index contributed by atoms with van der Waals surface area (Å²) in [6.07, 6.45) is 4.36. The van der Waals surface area contributed by atoms with Crippen LogP contribution in [-0.4, -0.2) is 28.1 Å². The molecular weight excluding hydrogens is 250 g/mol. The molecule has 1 saturated heterocycles. The van der Waals surface area contributed by atoms with Crippen LogP contribution < -0.4 is 0 Å². The van der Waals surface area contributed by atoms with Gasteiger partial charge in [-0.05, 0) is 37.8 Å². The third-order valence-electron chi connectivity index (χ3n) is 4.55. The SMILES string of the molecule is CCCC1(C(=O)O)CCCN1C(CC)c1ccccc1. The third-order valence-corrected chi connectivity index (χ3v) is 4.55. The van der Waals surface area contributed by atoms with E-state index in [0.29, 0.717) is 0 Å². The minimum atomic E-state index is -0.661. The fraction of sp³-hybridized carbons (Fsp3) is 0.588. The summed E-state index contributed by atoms with van der Waals surface area (Å²) >= 11 is 0. The van der Waals surface area contributed by atoms with Crippen molar-refractivity contribution < 1.29 is 9.90 Å². The Bertz CT molecular complexity index is 446. The molecule has 0 spiro atoms. The highest BCUT2D eigenvalue weighted by Crippen LogP contribution is 2.41. The van der Waals surface area contributed by atoms with Gasteiger partial charge in [-0.3, -0.25) is 9.69 Å². The summed E-state index contributed by atoms with van der Waals surface area (Å²) in [5.74, 6) is -0.647. The van der Waals surface area contributed by atoms with E-state index >= 15 is 0 Å². The summed E-state index contributed by atoms with van der Waals surface area (Å²) in [6, 6.07) is 10.5. The largest absolute Gasteiger partial charge is 0.480 e. The summed E-state index contributed by atoms with van der Waals surface area (Å²) in [5, 5.41) is 9.81. The van der Waals surface area contributed by atoms with Crippen LogP contribution in [0.1, 0.15) is 57.6 Å². The van der Waals surface area contributed by atoms with Crippen molar-refractivity contribution in [3.8, 4) is 0 Å². The number of benzene rings is 1. The Labute approximate surface area is 121 Å². The average molecular weight is 275 g/mol. The maximum atomic E-state index is 11.9. The molecule has 2 rings (SSSR count). The fourth-order valence-corrected chi connectivity index (χ4v) is 3.68. The first-order valence-electron chi connectivity index (χ1n) is 7.70. The first-order valence-corrected chi connectivity index (χ1v) is 7.70. The van der Waals surface area contributed by atoms with E-state index in [2.05, 4.69) is 30.9 Å². The molecule has 1 aromatic carbocycles. The summed E-state index contributed by atoms with van der Waals surface area (Å²) in [5.41, 5.74) is 0.573. The van der Waals surface area contributed by atoms with Crippen LogP contribution in [0.2, 0.25) is 0 Å². The third kappa shape index (κ3) is 2.59. The van der Waals surface area contributed by atoms with Crippen LogP contribution in [0.25, 0.3) is 0 Å². The minimum Gasteiger partial charge on any atom is -0.480 e. The van der Waals surface area contributed by atoms with E-state index in [1.807, 2.05) is 18.2 Å². The molecule has 20 heavy (non-hydrogen) atoms. The molecule has 0 radical (unpaired) electrons. The molecule has 0 bridgehead atoms. The highest BCUT2D eigenvalue weighted by molar-refractivity contribution is 5.79. The molecule has 0 amide bonds. The van der Waals surface area contributed by atoms with Gasteiger partial charge in [-0.15, -0.1) is 0 Å². The van der Waals surface area contributed by atoms with Crippen molar-refractivity contribution in [2.24, 2.45) is 0 Å². The quantitative estimate of drug-likeness (QED) is 0.857. The molecular formula is C17H25NO2. The number of hydrogen-bond acceptors (Lipinski definition) is 2. The minimum absolute atomic E-state index is 0.210. The first kappa shape index (κ1) is 15.0. The van der Waals surface area contributed by atoms with Gasteiger partial charge in [0, 0.05) is 6.04 Å². The topological polar surface area (TPSA) is 40.5 Å². The zero-order chi connectivity index (χ0) is 14.6. The number of aliphatic carboxylic acids is 1. The smallest absolute Gasteiger partial charge is 0.324 e. The monoisotopic (exact) mass is 275 g/mol. The van der Waals surface area contributed by atoms with Crippen LogP contribution in [0.15, 0.2) is 30.3 Å². The molecule has 1 aliphatic heterocycles. The molecule has 1 aromatic rings. The standard InChI is InChI=1S/C17H25NO2/c1-3-11-17(16(19)20)12-8-13-18(17)15(4-2)14-9-6-5-7-10-14/h5-7,9-10,15H,3-4,8,11-13H2,1-2H3,(H,19,20). The second kappa shape index (κ2) is 6.40. The van der Waals surface area contributed by atoms with Gasteiger partial charge in [0.25, 0.3) is 0 Å². The van der Waals surface area contributed by atoms with Gasteiger partial charge < -0.3 is 5.11 Å². The molecule has 1 aliphatic rings. The van der Waals surface area contributed by atoms with Crippen molar-refractivity contribution in [1.29, 1.82) is 0 Å². The highest BCUT2D eigenvalue weighted by atomic mass is 16.4. The first-order chi connectivity index (χ1) is 9.65. The summed E-state index contributed by atoms with van der Waals surface area (Å²) in [4.78, 5) is 14.2. The van der Waals surface area contributed by atoms with Crippen molar-refractivity contribution >= 4 is 5.97 Å². The molecule has 0 aromatic heterocycles. The predicted molar refractivity (Wildman–Crippen MR) is 80.7 cm³/mol. The Morgan fingerprint density at radius 2 is 2.05 bits per heavy atom. The van der Waals surface area contributed by atoms with Crippen LogP contribution >= 0.6 is 0 Å². The van der Waals surface area contributed by atoms with Crippen molar-refractivity contribution in [2.45, 2.75) is 57.5 Å². The Balaban J connectivity index is 2.35. The molecule has 3 heteroatoms. The van der Waals surface area contributed by atoms with Crippen LogP contribution in [0.3, 0.4) is 0 Å². The normalized spacial score (nSPS) is 24.7. The molecule has 1 fully saturated rings. The number of hydrogen-bond donors (Lipinski definition) is 1. The van der Waals surface area contributed by atoms with Gasteiger partial charge in [-0.1, -0.05) is 50.6 Å². The zero-order valence-corrected chi connectivity index (χ0v) is 12.5. The van der Waals surface area contributed by atoms with E-state index in [9.17, 15) is 9.90 Å². The molecule has 0 aliphatic carbocycles. The summed E-state index contributed by atoms with van der Waals surface area (Å²) < 4.78 is 0. The van der Waals surface area contributed by atoms with E-state index in [1.54, 1.807) is 0 Å². The lowest BCUT2D eigenvalue weighted by molar-refractivity contribution is -0.152.